The fourth-order valence-electron chi connectivity index (χ4n) is 1.47. The molecular weight excluding hydrogens is 250 g/mol. The van der Waals surface area contributed by atoms with Crippen LogP contribution < -0.4 is 0 Å². The zero-order valence-electron chi connectivity index (χ0n) is 9.59. The predicted molar refractivity (Wildman–Crippen MR) is 63.0 cm³/mol. The Labute approximate surface area is 101 Å². The second kappa shape index (κ2) is 5.16. The molecule has 0 spiro atoms. The number of rotatable bonds is 5. The smallest absolute Gasteiger partial charge is 0.256 e. The van der Waals surface area contributed by atoms with Crippen molar-refractivity contribution in [3.8, 4) is 0 Å². The highest BCUT2D eigenvalue weighted by atomic mass is 35.5. The minimum atomic E-state index is -3.50. The van der Waals surface area contributed by atoms with E-state index in [0.29, 0.717) is 6.54 Å². The fraction of sp³-hybridized carbons (Fsp3) is 0.667. The standard InChI is InChI=1S/C9H16ClN3O2S/c1-8(2)13(7-5-10)16(14,15)9-4-6-11-12(9)3/h4,6,8H,5,7H2,1-3H3. The number of nitrogens with zero attached hydrogens (tertiary/aromatic N) is 3. The Hall–Kier alpha value is -0.590. The molecule has 1 aromatic heterocycles. The van der Waals surface area contributed by atoms with Crippen LogP contribution >= 0.6 is 11.6 Å². The Kier molecular flexibility index (Phi) is 4.35. The summed E-state index contributed by atoms with van der Waals surface area (Å²) in [6, 6.07) is 1.36. The maximum atomic E-state index is 12.3. The van der Waals surface area contributed by atoms with Gasteiger partial charge in [-0.15, -0.1) is 11.6 Å². The van der Waals surface area contributed by atoms with Crippen LogP contribution in [0, 0.1) is 0 Å². The van der Waals surface area contributed by atoms with Crippen LogP contribution in [0.3, 0.4) is 0 Å². The lowest BCUT2D eigenvalue weighted by molar-refractivity contribution is 0.366. The average Bonchev–Trinajstić information content (AvgIpc) is 2.60. The molecule has 0 unspecified atom stereocenters. The summed E-state index contributed by atoms with van der Waals surface area (Å²) in [5.74, 6) is 0.273. The molecule has 5 nitrogen and oxygen atoms in total. The Morgan fingerprint density at radius 3 is 2.56 bits per heavy atom. The van der Waals surface area contributed by atoms with Gasteiger partial charge in [-0.3, -0.25) is 4.68 Å². The first-order valence-corrected chi connectivity index (χ1v) is 6.94. The molecule has 0 saturated heterocycles. The topological polar surface area (TPSA) is 55.2 Å². The molecule has 0 bridgehead atoms. The van der Waals surface area contributed by atoms with Crippen molar-refractivity contribution >= 4 is 21.6 Å². The minimum Gasteiger partial charge on any atom is -0.256 e. The van der Waals surface area contributed by atoms with Crippen LogP contribution in [-0.4, -0.2) is 41.0 Å². The van der Waals surface area contributed by atoms with Crippen molar-refractivity contribution in [2.24, 2.45) is 7.05 Å². The zero-order valence-corrected chi connectivity index (χ0v) is 11.2. The fourth-order valence-corrected chi connectivity index (χ4v) is 3.50. The molecule has 7 heteroatoms. The summed E-state index contributed by atoms with van der Waals surface area (Å²) in [6.07, 6.45) is 1.46. The summed E-state index contributed by atoms with van der Waals surface area (Å²) < 4.78 is 27.2. The van der Waals surface area contributed by atoms with Crippen molar-refractivity contribution in [2.75, 3.05) is 12.4 Å². The highest BCUT2D eigenvalue weighted by molar-refractivity contribution is 7.89. The van der Waals surface area contributed by atoms with E-state index in [1.165, 1.54) is 21.3 Å². The van der Waals surface area contributed by atoms with E-state index in [4.69, 9.17) is 11.6 Å². The molecule has 0 aliphatic heterocycles. The number of alkyl halides is 1. The van der Waals surface area contributed by atoms with E-state index in [2.05, 4.69) is 5.10 Å². The quantitative estimate of drug-likeness (QED) is 0.748. The highest BCUT2D eigenvalue weighted by Crippen LogP contribution is 2.16. The number of halogens is 1. The Balaban J connectivity index is 3.14. The molecule has 0 radical (unpaired) electrons. The highest BCUT2D eigenvalue weighted by Gasteiger charge is 2.28. The SMILES string of the molecule is CC(C)N(CCCl)S(=O)(=O)c1ccnn1C. The summed E-state index contributed by atoms with van der Waals surface area (Å²) in [6.45, 7) is 3.94. The van der Waals surface area contributed by atoms with Gasteiger partial charge in [-0.2, -0.15) is 9.40 Å². The van der Waals surface area contributed by atoms with Crippen LogP contribution in [0.2, 0.25) is 0 Å². The monoisotopic (exact) mass is 265 g/mol. The predicted octanol–water partition coefficient (Wildman–Crippen LogP) is 1.06. The van der Waals surface area contributed by atoms with Gasteiger partial charge in [-0.1, -0.05) is 0 Å². The molecule has 0 saturated carbocycles. The van der Waals surface area contributed by atoms with Gasteiger partial charge in [0.1, 0.15) is 0 Å². The van der Waals surface area contributed by atoms with E-state index in [1.807, 2.05) is 13.8 Å². The number of aryl methyl sites for hydroxylation is 1. The van der Waals surface area contributed by atoms with Gasteiger partial charge < -0.3 is 0 Å². The number of hydrogen-bond donors (Lipinski definition) is 0. The third-order valence-electron chi connectivity index (χ3n) is 2.23. The third-order valence-corrected chi connectivity index (χ3v) is 4.55. The molecule has 0 aromatic carbocycles. The van der Waals surface area contributed by atoms with Crippen molar-refractivity contribution in [3.05, 3.63) is 12.3 Å². The first-order valence-electron chi connectivity index (χ1n) is 4.97. The van der Waals surface area contributed by atoms with Gasteiger partial charge in [-0.25, -0.2) is 8.42 Å². The number of sulfonamides is 1. The van der Waals surface area contributed by atoms with Crippen LogP contribution in [0.25, 0.3) is 0 Å². The molecule has 1 aromatic rings. The molecule has 92 valence electrons. The summed E-state index contributed by atoms with van der Waals surface area (Å²) >= 11 is 5.62. The van der Waals surface area contributed by atoms with Crippen LogP contribution in [0.5, 0.6) is 0 Å². The first-order chi connectivity index (χ1) is 7.41. The van der Waals surface area contributed by atoms with Gasteiger partial charge >= 0.3 is 0 Å². The molecular formula is C9H16ClN3O2S. The van der Waals surface area contributed by atoms with E-state index in [1.54, 1.807) is 7.05 Å². The van der Waals surface area contributed by atoms with Gasteiger partial charge in [0.15, 0.2) is 5.03 Å². The molecule has 0 N–H and O–H groups in total. The van der Waals surface area contributed by atoms with E-state index in [0.717, 1.165) is 0 Å². The zero-order chi connectivity index (χ0) is 12.3. The van der Waals surface area contributed by atoms with E-state index >= 15 is 0 Å². The molecule has 0 amide bonds. The van der Waals surface area contributed by atoms with E-state index in [-0.39, 0.29) is 16.9 Å². The van der Waals surface area contributed by atoms with Crippen LogP contribution in [0.1, 0.15) is 13.8 Å². The number of aromatic nitrogens is 2. The average molecular weight is 266 g/mol. The Bertz CT molecular complexity index is 441. The lowest BCUT2D eigenvalue weighted by Gasteiger charge is -2.24. The molecule has 0 aliphatic carbocycles. The van der Waals surface area contributed by atoms with Crippen molar-refractivity contribution in [1.29, 1.82) is 0 Å². The van der Waals surface area contributed by atoms with Crippen molar-refractivity contribution in [3.63, 3.8) is 0 Å². The second-order valence-corrected chi connectivity index (χ2v) is 5.91. The van der Waals surface area contributed by atoms with Crippen molar-refractivity contribution in [2.45, 2.75) is 24.9 Å². The molecule has 0 fully saturated rings. The lowest BCUT2D eigenvalue weighted by atomic mass is 10.4. The van der Waals surface area contributed by atoms with Gasteiger partial charge in [0, 0.05) is 25.5 Å². The summed E-state index contributed by atoms with van der Waals surface area (Å²) in [4.78, 5) is 0. The van der Waals surface area contributed by atoms with Gasteiger partial charge in [0.25, 0.3) is 10.0 Å². The second-order valence-electron chi connectivity index (χ2n) is 3.69. The Morgan fingerprint density at radius 2 is 2.19 bits per heavy atom. The van der Waals surface area contributed by atoms with Crippen LogP contribution in [0.4, 0.5) is 0 Å². The van der Waals surface area contributed by atoms with Crippen LogP contribution in [-0.2, 0) is 17.1 Å². The largest absolute Gasteiger partial charge is 0.260 e. The van der Waals surface area contributed by atoms with E-state index < -0.39 is 10.0 Å². The first kappa shape index (κ1) is 13.5. The van der Waals surface area contributed by atoms with Gasteiger partial charge in [0.2, 0.25) is 0 Å². The molecule has 0 atom stereocenters. The lowest BCUT2D eigenvalue weighted by Crippen LogP contribution is -2.39. The van der Waals surface area contributed by atoms with Gasteiger partial charge in [-0.05, 0) is 19.9 Å². The third kappa shape index (κ3) is 2.56. The minimum absolute atomic E-state index is 0.126. The number of hydrogen-bond acceptors (Lipinski definition) is 3. The van der Waals surface area contributed by atoms with Crippen molar-refractivity contribution < 1.29 is 8.42 Å². The summed E-state index contributed by atoms with van der Waals surface area (Å²) in [7, 11) is -1.90. The van der Waals surface area contributed by atoms with Crippen molar-refractivity contribution in [1.82, 2.24) is 14.1 Å². The molecule has 1 rings (SSSR count). The normalized spacial score (nSPS) is 12.6. The van der Waals surface area contributed by atoms with Crippen LogP contribution in [0.15, 0.2) is 17.3 Å². The maximum Gasteiger partial charge on any atom is 0.260 e. The summed E-state index contributed by atoms with van der Waals surface area (Å²) in [5, 5.41) is 4.05. The maximum absolute atomic E-state index is 12.3. The molecule has 1 heterocycles. The summed E-state index contributed by atoms with van der Waals surface area (Å²) in [5.41, 5.74) is 0. The van der Waals surface area contributed by atoms with Gasteiger partial charge in [0.05, 0.1) is 6.20 Å². The van der Waals surface area contributed by atoms with E-state index in [9.17, 15) is 8.42 Å². The molecule has 0 aliphatic rings. The molecule has 16 heavy (non-hydrogen) atoms. The Morgan fingerprint density at radius 1 is 1.56 bits per heavy atom.